The standard InChI is InChI=1S/C14H12ClF3N2O/c1-8(2)9-4-3-5-10(6-9)21-12-7-11(14(16,17)18)19-13(15)20-12/h3-8H,1-2H3. The second-order valence-corrected chi connectivity index (χ2v) is 5.03. The maximum atomic E-state index is 12.7. The monoisotopic (exact) mass is 316 g/mol. The summed E-state index contributed by atoms with van der Waals surface area (Å²) in [6.07, 6.45) is -4.61. The fourth-order valence-electron chi connectivity index (χ4n) is 1.65. The SMILES string of the molecule is CC(C)c1cccc(Oc2cc(C(F)(F)F)nc(Cl)n2)c1. The lowest BCUT2D eigenvalue weighted by molar-refractivity contribution is -0.141. The number of hydrogen-bond donors (Lipinski definition) is 0. The summed E-state index contributed by atoms with van der Waals surface area (Å²) in [5.74, 6) is 0.417. The van der Waals surface area contributed by atoms with Crippen LogP contribution in [0.25, 0.3) is 0 Å². The Hall–Kier alpha value is -1.82. The molecule has 0 saturated heterocycles. The van der Waals surface area contributed by atoms with E-state index in [-0.39, 0.29) is 11.8 Å². The molecule has 1 aromatic carbocycles. The van der Waals surface area contributed by atoms with Crippen molar-refractivity contribution in [3.8, 4) is 11.6 Å². The van der Waals surface area contributed by atoms with Crippen LogP contribution >= 0.6 is 11.6 Å². The highest BCUT2D eigenvalue weighted by atomic mass is 35.5. The van der Waals surface area contributed by atoms with Crippen LogP contribution in [0.1, 0.15) is 31.0 Å². The van der Waals surface area contributed by atoms with E-state index >= 15 is 0 Å². The smallest absolute Gasteiger partial charge is 0.433 e. The summed E-state index contributed by atoms with van der Waals surface area (Å²) in [5, 5.41) is -0.514. The minimum Gasteiger partial charge on any atom is -0.439 e. The Bertz CT molecular complexity index is 644. The highest BCUT2D eigenvalue weighted by Gasteiger charge is 2.34. The molecule has 0 fully saturated rings. The van der Waals surface area contributed by atoms with Crippen molar-refractivity contribution in [2.24, 2.45) is 0 Å². The quantitative estimate of drug-likeness (QED) is 0.742. The van der Waals surface area contributed by atoms with Crippen LogP contribution in [-0.2, 0) is 6.18 Å². The summed E-state index contributed by atoms with van der Waals surface area (Å²) >= 11 is 5.50. The minimum absolute atomic E-state index is 0.247. The summed E-state index contributed by atoms with van der Waals surface area (Å²) in [4.78, 5) is 6.79. The van der Waals surface area contributed by atoms with Crippen LogP contribution in [0.5, 0.6) is 11.6 Å². The molecule has 7 heteroatoms. The number of ether oxygens (including phenoxy) is 1. The minimum atomic E-state index is -4.61. The van der Waals surface area contributed by atoms with Crippen molar-refractivity contribution in [3.63, 3.8) is 0 Å². The molecule has 0 N–H and O–H groups in total. The summed E-state index contributed by atoms with van der Waals surface area (Å²) in [6.45, 7) is 4.00. The Kier molecular flexibility index (Phi) is 4.37. The summed E-state index contributed by atoms with van der Waals surface area (Å²) in [6, 6.07) is 7.76. The Morgan fingerprint density at radius 2 is 1.86 bits per heavy atom. The third-order valence-electron chi connectivity index (χ3n) is 2.71. The van der Waals surface area contributed by atoms with Crippen molar-refractivity contribution < 1.29 is 17.9 Å². The molecule has 0 saturated carbocycles. The first-order chi connectivity index (χ1) is 9.75. The number of aromatic nitrogens is 2. The highest BCUT2D eigenvalue weighted by molar-refractivity contribution is 6.28. The molecule has 3 nitrogen and oxygen atoms in total. The number of benzene rings is 1. The van der Waals surface area contributed by atoms with E-state index in [2.05, 4.69) is 9.97 Å². The largest absolute Gasteiger partial charge is 0.439 e. The first-order valence-electron chi connectivity index (χ1n) is 6.15. The van der Waals surface area contributed by atoms with Gasteiger partial charge in [0.2, 0.25) is 11.2 Å². The zero-order valence-electron chi connectivity index (χ0n) is 11.3. The molecule has 0 unspecified atom stereocenters. The Labute approximate surface area is 124 Å². The lowest BCUT2D eigenvalue weighted by Crippen LogP contribution is -2.09. The Balaban J connectivity index is 2.31. The zero-order chi connectivity index (χ0) is 15.6. The molecule has 0 spiro atoms. The predicted molar refractivity (Wildman–Crippen MR) is 72.6 cm³/mol. The lowest BCUT2D eigenvalue weighted by Gasteiger charge is -2.11. The molecule has 0 aliphatic heterocycles. The van der Waals surface area contributed by atoms with Crippen LogP contribution < -0.4 is 4.74 Å². The highest BCUT2D eigenvalue weighted by Crippen LogP contribution is 2.32. The van der Waals surface area contributed by atoms with E-state index in [0.717, 1.165) is 5.56 Å². The van der Waals surface area contributed by atoms with Gasteiger partial charge in [-0.2, -0.15) is 18.2 Å². The second-order valence-electron chi connectivity index (χ2n) is 4.69. The summed E-state index contributed by atoms with van der Waals surface area (Å²) < 4.78 is 43.3. The average Bonchev–Trinajstić information content (AvgIpc) is 2.37. The van der Waals surface area contributed by atoms with Crippen molar-refractivity contribution in [2.75, 3.05) is 0 Å². The van der Waals surface area contributed by atoms with Crippen LogP contribution in [0.3, 0.4) is 0 Å². The van der Waals surface area contributed by atoms with Gasteiger partial charge in [0.25, 0.3) is 0 Å². The molecule has 0 atom stereocenters. The molecular formula is C14H12ClF3N2O. The van der Waals surface area contributed by atoms with E-state index in [1.54, 1.807) is 18.2 Å². The van der Waals surface area contributed by atoms with Crippen LogP contribution in [0, 0.1) is 0 Å². The summed E-state index contributed by atoms with van der Waals surface area (Å²) in [7, 11) is 0. The molecule has 0 radical (unpaired) electrons. The maximum Gasteiger partial charge on any atom is 0.433 e. The van der Waals surface area contributed by atoms with Crippen molar-refractivity contribution in [3.05, 3.63) is 46.9 Å². The number of hydrogen-bond acceptors (Lipinski definition) is 3. The van der Waals surface area contributed by atoms with Crippen molar-refractivity contribution in [2.45, 2.75) is 25.9 Å². The molecule has 0 amide bonds. The number of halogens is 4. The molecule has 2 rings (SSSR count). The van der Waals surface area contributed by atoms with E-state index in [9.17, 15) is 13.2 Å². The van der Waals surface area contributed by atoms with Gasteiger partial charge in [-0.1, -0.05) is 26.0 Å². The van der Waals surface area contributed by atoms with E-state index in [1.165, 1.54) is 0 Å². The Morgan fingerprint density at radius 3 is 2.48 bits per heavy atom. The second kappa shape index (κ2) is 5.89. The van der Waals surface area contributed by atoms with Gasteiger partial charge in [0.15, 0.2) is 5.69 Å². The van der Waals surface area contributed by atoms with Crippen molar-refractivity contribution in [1.82, 2.24) is 9.97 Å². The molecule has 0 bridgehead atoms. The van der Waals surface area contributed by atoms with Gasteiger partial charge in [-0.25, -0.2) is 4.98 Å². The van der Waals surface area contributed by atoms with E-state index in [0.29, 0.717) is 11.8 Å². The average molecular weight is 317 g/mol. The van der Waals surface area contributed by atoms with Gasteiger partial charge in [0, 0.05) is 6.07 Å². The van der Waals surface area contributed by atoms with E-state index in [1.807, 2.05) is 19.9 Å². The maximum absolute atomic E-state index is 12.7. The van der Waals surface area contributed by atoms with Gasteiger partial charge < -0.3 is 4.74 Å². The van der Waals surface area contributed by atoms with E-state index < -0.39 is 17.2 Å². The molecule has 112 valence electrons. The fourth-order valence-corrected chi connectivity index (χ4v) is 1.83. The number of rotatable bonds is 3. The molecule has 1 aromatic heterocycles. The molecule has 0 aliphatic carbocycles. The van der Waals surface area contributed by atoms with Gasteiger partial charge in [-0.3, -0.25) is 0 Å². The molecule has 1 heterocycles. The van der Waals surface area contributed by atoms with Crippen LogP contribution in [-0.4, -0.2) is 9.97 Å². The first kappa shape index (κ1) is 15.6. The van der Waals surface area contributed by atoms with Gasteiger partial charge in [0.1, 0.15) is 5.75 Å². The van der Waals surface area contributed by atoms with Crippen molar-refractivity contribution in [1.29, 1.82) is 0 Å². The Morgan fingerprint density at radius 1 is 1.14 bits per heavy atom. The van der Waals surface area contributed by atoms with Crippen molar-refractivity contribution >= 4 is 11.6 Å². The predicted octanol–water partition coefficient (Wildman–Crippen LogP) is 5.06. The van der Waals surface area contributed by atoms with Crippen LogP contribution in [0.4, 0.5) is 13.2 Å². The zero-order valence-corrected chi connectivity index (χ0v) is 12.0. The van der Waals surface area contributed by atoms with Gasteiger partial charge in [-0.05, 0) is 35.2 Å². The molecular weight excluding hydrogens is 305 g/mol. The molecule has 21 heavy (non-hydrogen) atoms. The summed E-state index contributed by atoms with van der Waals surface area (Å²) in [5.41, 5.74) is -0.138. The van der Waals surface area contributed by atoms with Crippen LogP contribution in [0.15, 0.2) is 30.3 Å². The lowest BCUT2D eigenvalue weighted by atomic mass is 10.0. The van der Waals surface area contributed by atoms with Gasteiger partial charge in [-0.15, -0.1) is 0 Å². The molecule has 0 aliphatic rings. The van der Waals surface area contributed by atoms with Crippen LogP contribution in [0.2, 0.25) is 5.28 Å². The first-order valence-corrected chi connectivity index (χ1v) is 6.53. The van der Waals surface area contributed by atoms with Gasteiger partial charge in [0.05, 0.1) is 0 Å². The van der Waals surface area contributed by atoms with E-state index in [4.69, 9.17) is 16.3 Å². The molecule has 2 aromatic rings. The number of alkyl halides is 3. The fraction of sp³-hybridized carbons (Fsp3) is 0.286. The third-order valence-corrected chi connectivity index (χ3v) is 2.88. The third kappa shape index (κ3) is 4.07. The normalized spacial score (nSPS) is 11.8. The van der Waals surface area contributed by atoms with Gasteiger partial charge >= 0.3 is 6.18 Å². The topological polar surface area (TPSA) is 35.0 Å². The number of nitrogens with zero attached hydrogens (tertiary/aromatic N) is 2.